The molecule has 0 spiro atoms. The average Bonchev–Trinajstić information content (AvgIpc) is 2.55. The minimum Gasteiger partial charge on any atom is -0.362 e. The van der Waals surface area contributed by atoms with Crippen molar-refractivity contribution in [2.75, 3.05) is 5.75 Å². The molecule has 1 aliphatic heterocycles. The highest BCUT2D eigenvalue weighted by Crippen LogP contribution is 2.36. The number of aliphatic imine (C=N–C) groups is 1. The molecule has 0 radical (unpaired) electrons. The lowest BCUT2D eigenvalue weighted by atomic mass is 9.76. The Morgan fingerprint density at radius 3 is 2.53 bits per heavy atom. The van der Waals surface area contributed by atoms with Crippen molar-refractivity contribution in [3.8, 4) is 0 Å². The van der Waals surface area contributed by atoms with Crippen molar-refractivity contribution >= 4 is 16.9 Å². The van der Waals surface area contributed by atoms with Crippen LogP contribution in [-0.2, 0) is 0 Å². The second-order valence-corrected chi connectivity index (χ2v) is 6.69. The fourth-order valence-electron chi connectivity index (χ4n) is 2.25. The molecule has 86 valence electrons. The maximum absolute atomic E-state index is 4.82. The van der Waals surface area contributed by atoms with Gasteiger partial charge >= 0.3 is 0 Å². The van der Waals surface area contributed by atoms with E-state index >= 15 is 0 Å². The molecule has 1 aliphatic carbocycles. The Bertz CT molecular complexity index is 250. The van der Waals surface area contributed by atoms with Gasteiger partial charge in [0.1, 0.15) is 0 Å². The Balaban J connectivity index is 1.86. The van der Waals surface area contributed by atoms with Crippen LogP contribution in [-0.4, -0.2) is 23.0 Å². The maximum Gasteiger partial charge on any atom is 0.157 e. The highest BCUT2D eigenvalue weighted by atomic mass is 32.2. The van der Waals surface area contributed by atoms with Gasteiger partial charge in [0.05, 0.1) is 6.04 Å². The molecule has 1 unspecified atom stereocenters. The second-order valence-electron chi connectivity index (χ2n) is 5.69. The molecule has 0 bridgehead atoms. The number of rotatable bonds is 1. The predicted octanol–water partition coefficient (Wildman–Crippen LogP) is 3.04. The van der Waals surface area contributed by atoms with E-state index in [4.69, 9.17) is 4.99 Å². The normalized spacial score (nSPS) is 34.3. The first-order valence-electron chi connectivity index (χ1n) is 6.02. The summed E-state index contributed by atoms with van der Waals surface area (Å²) >= 11 is 1.88. The van der Waals surface area contributed by atoms with Gasteiger partial charge in [-0.1, -0.05) is 25.6 Å². The van der Waals surface area contributed by atoms with E-state index in [0.717, 1.165) is 0 Å². The van der Waals surface area contributed by atoms with Crippen LogP contribution in [0.15, 0.2) is 4.99 Å². The molecular formula is C12H22N2S. The van der Waals surface area contributed by atoms with Crippen LogP contribution in [0, 0.1) is 5.41 Å². The van der Waals surface area contributed by atoms with Gasteiger partial charge in [0.25, 0.3) is 0 Å². The molecular weight excluding hydrogens is 204 g/mol. The number of hydrogen-bond acceptors (Lipinski definition) is 2. The van der Waals surface area contributed by atoms with Gasteiger partial charge in [-0.2, -0.15) is 0 Å². The van der Waals surface area contributed by atoms with E-state index in [2.05, 4.69) is 26.1 Å². The summed E-state index contributed by atoms with van der Waals surface area (Å²) in [4.78, 5) is 4.82. The zero-order valence-electron chi connectivity index (χ0n) is 10.0. The van der Waals surface area contributed by atoms with E-state index in [1.54, 1.807) is 0 Å². The third-order valence-electron chi connectivity index (χ3n) is 3.45. The minimum atomic E-state index is 0.556. The summed E-state index contributed by atoms with van der Waals surface area (Å²) in [6.45, 7) is 6.97. The number of nitrogens with one attached hydrogen (secondary N) is 1. The predicted molar refractivity (Wildman–Crippen MR) is 68.5 cm³/mol. The van der Waals surface area contributed by atoms with Gasteiger partial charge in [-0.3, -0.25) is 4.99 Å². The number of thioether (sulfide) groups is 1. The lowest BCUT2D eigenvalue weighted by molar-refractivity contribution is 0.226. The molecule has 1 atom stereocenters. The SMILES string of the molecule is CC1CSC(=NC2CCC(C)(C)CC2)N1. The molecule has 0 aromatic carbocycles. The Labute approximate surface area is 97.3 Å². The fraction of sp³-hybridized carbons (Fsp3) is 0.917. The number of nitrogens with zero attached hydrogens (tertiary/aromatic N) is 1. The molecule has 2 fully saturated rings. The molecule has 1 saturated carbocycles. The fourth-order valence-corrected chi connectivity index (χ4v) is 3.25. The van der Waals surface area contributed by atoms with Crippen LogP contribution in [0.4, 0.5) is 0 Å². The van der Waals surface area contributed by atoms with Crippen LogP contribution in [0.5, 0.6) is 0 Å². The molecule has 3 heteroatoms. The summed E-state index contributed by atoms with van der Waals surface area (Å²) in [6, 6.07) is 1.19. The van der Waals surface area contributed by atoms with Crippen LogP contribution >= 0.6 is 11.8 Å². The van der Waals surface area contributed by atoms with Crippen LogP contribution in [0.1, 0.15) is 46.5 Å². The number of amidine groups is 1. The third kappa shape index (κ3) is 3.13. The van der Waals surface area contributed by atoms with E-state index in [9.17, 15) is 0 Å². The molecule has 1 saturated heterocycles. The van der Waals surface area contributed by atoms with Gasteiger partial charge in [0, 0.05) is 11.8 Å². The Morgan fingerprint density at radius 2 is 2.00 bits per heavy atom. The van der Waals surface area contributed by atoms with Crippen molar-refractivity contribution in [1.29, 1.82) is 0 Å². The zero-order chi connectivity index (χ0) is 10.9. The van der Waals surface area contributed by atoms with E-state index < -0.39 is 0 Å². The largest absolute Gasteiger partial charge is 0.362 e. The first-order valence-corrected chi connectivity index (χ1v) is 7.01. The highest BCUT2D eigenvalue weighted by Gasteiger charge is 2.27. The van der Waals surface area contributed by atoms with Crippen molar-refractivity contribution in [2.24, 2.45) is 10.4 Å². The van der Waals surface area contributed by atoms with Crippen molar-refractivity contribution in [2.45, 2.75) is 58.5 Å². The molecule has 15 heavy (non-hydrogen) atoms. The van der Waals surface area contributed by atoms with Gasteiger partial charge < -0.3 is 5.32 Å². The topological polar surface area (TPSA) is 24.4 Å². The smallest absolute Gasteiger partial charge is 0.157 e. The average molecular weight is 226 g/mol. The van der Waals surface area contributed by atoms with Gasteiger partial charge in [-0.15, -0.1) is 0 Å². The van der Waals surface area contributed by atoms with Crippen LogP contribution in [0.2, 0.25) is 0 Å². The zero-order valence-corrected chi connectivity index (χ0v) is 10.9. The molecule has 1 N–H and O–H groups in total. The van der Waals surface area contributed by atoms with Gasteiger partial charge in [0.2, 0.25) is 0 Å². The summed E-state index contributed by atoms with van der Waals surface area (Å²) in [7, 11) is 0. The first-order chi connectivity index (χ1) is 7.05. The van der Waals surface area contributed by atoms with E-state index in [1.165, 1.54) is 36.6 Å². The van der Waals surface area contributed by atoms with Crippen molar-refractivity contribution < 1.29 is 0 Å². The quantitative estimate of drug-likeness (QED) is 0.743. The Morgan fingerprint density at radius 1 is 1.33 bits per heavy atom. The number of hydrogen-bond donors (Lipinski definition) is 1. The molecule has 0 aromatic heterocycles. The summed E-state index contributed by atoms with van der Waals surface area (Å²) in [5.74, 6) is 1.18. The lowest BCUT2D eigenvalue weighted by Gasteiger charge is -2.32. The molecule has 0 aromatic rings. The van der Waals surface area contributed by atoms with Crippen molar-refractivity contribution in [3.63, 3.8) is 0 Å². The van der Waals surface area contributed by atoms with Gasteiger partial charge in [0.15, 0.2) is 5.17 Å². The van der Waals surface area contributed by atoms with Gasteiger partial charge in [-0.05, 0) is 38.0 Å². The van der Waals surface area contributed by atoms with E-state index in [-0.39, 0.29) is 0 Å². The monoisotopic (exact) mass is 226 g/mol. The Hall–Kier alpha value is -0.180. The van der Waals surface area contributed by atoms with Crippen LogP contribution in [0.25, 0.3) is 0 Å². The van der Waals surface area contributed by atoms with Crippen molar-refractivity contribution in [1.82, 2.24) is 5.32 Å². The van der Waals surface area contributed by atoms with E-state index in [0.29, 0.717) is 17.5 Å². The molecule has 1 heterocycles. The summed E-state index contributed by atoms with van der Waals surface area (Å²) in [6.07, 6.45) is 5.20. The molecule has 2 nitrogen and oxygen atoms in total. The highest BCUT2D eigenvalue weighted by molar-refractivity contribution is 8.14. The van der Waals surface area contributed by atoms with Crippen LogP contribution < -0.4 is 5.32 Å². The standard InChI is InChI=1S/C12H22N2S/c1-9-8-15-11(13-9)14-10-4-6-12(2,3)7-5-10/h9-10H,4-8H2,1-3H3,(H,13,14). The summed E-state index contributed by atoms with van der Waals surface area (Å²) < 4.78 is 0. The first kappa shape index (κ1) is 11.3. The minimum absolute atomic E-state index is 0.556. The molecule has 2 aliphatic rings. The second kappa shape index (κ2) is 4.36. The van der Waals surface area contributed by atoms with Gasteiger partial charge in [-0.25, -0.2) is 0 Å². The van der Waals surface area contributed by atoms with Crippen molar-refractivity contribution in [3.05, 3.63) is 0 Å². The lowest BCUT2D eigenvalue weighted by Crippen LogP contribution is -2.27. The maximum atomic E-state index is 4.82. The molecule has 2 rings (SSSR count). The Kier molecular flexibility index (Phi) is 3.29. The van der Waals surface area contributed by atoms with E-state index in [1.807, 2.05) is 11.8 Å². The third-order valence-corrected chi connectivity index (χ3v) is 4.61. The molecule has 0 amide bonds. The van der Waals surface area contributed by atoms with Crippen LogP contribution in [0.3, 0.4) is 0 Å². The summed E-state index contributed by atoms with van der Waals surface area (Å²) in [5, 5.41) is 4.62. The summed E-state index contributed by atoms with van der Waals surface area (Å²) in [5.41, 5.74) is 0.556.